The molecule has 7 heteroatoms. The normalized spacial score (nSPS) is 12.8. The van der Waals surface area contributed by atoms with E-state index in [2.05, 4.69) is 106 Å². The minimum Gasteiger partial charge on any atom is 0 e. The van der Waals surface area contributed by atoms with Gasteiger partial charge >= 0.3 is 197 Å². The van der Waals surface area contributed by atoms with E-state index < -0.39 is 13.3 Å². The first-order valence-corrected chi connectivity index (χ1v) is 27.7. The molecular weight excluding hydrogens is 929 g/mol. The molecule has 0 saturated carbocycles. The van der Waals surface area contributed by atoms with Gasteiger partial charge in [0.2, 0.25) is 0 Å². The summed E-state index contributed by atoms with van der Waals surface area (Å²) in [6.07, 6.45) is 4.75. The van der Waals surface area contributed by atoms with Crippen LogP contribution in [0, 0.1) is 23.8 Å². The van der Waals surface area contributed by atoms with Crippen LogP contribution < -0.4 is 4.40 Å². The smallest absolute Gasteiger partial charge is 0 e. The number of ketones is 1. The summed E-state index contributed by atoms with van der Waals surface area (Å²) < 4.78 is 8.08. The van der Waals surface area contributed by atoms with Gasteiger partial charge in [0.1, 0.15) is 5.76 Å². The number of aromatic nitrogens is 2. The van der Waals surface area contributed by atoms with Crippen LogP contribution in [-0.2, 0) is 24.9 Å². The van der Waals surface area contributed by atoms with Gasteiger partial charge in [0, 0.05) is 37.0 Å². The Kier molecular flexibility index (Phi) is 14.3. The molecule has 1 radical (unpaired) electrons. The average Bonchev–Trinajstić information content (AvgIpc) is 3.54. The molecule has 0 bridgehead atoms. The van der Waals surface area contributed by atoms with Gasteiger partial charge in [-0.05, 0) is 37.2 Å². The van der Waals surface area contributed by atoms with Crippen LogP contribution in [0.15, 0.2) is 70.8 Å². The van der Waals surface area contributed by atoms with Gasteiger partial charge < -0.3 is 5.11 Å². The molecule has 0 aliphatic heterocycles. The number of aryl methyl sites for hydroxylation is 1. The van der Waals surface area contributed by atoms with Gasteiger partial charge in [0.05, 0.1) is 0 Å². The van der Waals surface area contributed by atoms with Crippen LogP contribution in [0.3, 0.4) is 0 Å². The van der Waals surface area contributed by atoms with Crippen LogP contribution >= 0.6 is 0 Å². The Labute approximate surface area is 351 Å². The van der Waals surface area contributed by atoms with E-state index in [1.165, 1.54) is 32.4 Å². The monoisotopic (exact) mass is 994 g/mol. The van der Waals surface area contributed by atoms with Crippen LogP contribution in [0.2, 0.25) is 17.3 Å². The summed E-state index contributed by atoms with van der Waals surface area (Å²) in [5, 5.41) is 15.9. The molecule has 0 aliphatic carbocycles. The maximum Gasteiger partial charge on any atom is 0 e. The molecule has 6 aromatic rings. The van der Waals surface area contributed by atoms with E-state index in [9.17, 15) is 9.90 Å². The number of hydrogen-bond donors (Lipinski definition) is 1. The fraction of sp³-hybridized carbons (Fsp3) is 0.449. The van der Waals surface area contributed by atoms with Crippen LogP contribution in [0.1, 0.15) is 124 Å². The molecule has 0 fully saturated rings. The van der Waals surface area contributed by atoms with Crippen LogP contribution in [0.25, 0.3) is 54.9 Å². The first-order chi connectivity index (χ1) is 25.8. The summed E-state index contributed by atoms with van der Waals surface area (Å²) in [4.78, 5) is 22.5. The predicted octanol–water partition coefficient (Wildman–Crippen LogP) is 13.9. The molecule has 56 heavy (non-hydrogen) atoms. The summed E-state index contributed by atoms with van der Waals surface area (Å²) in [5.74, 6) is 9.12. The SMILES string of the molecule is CCC(C)(CC)C(=O)/C=C(\O)C(C)(CC)CC.Cc1c[c]([Ge]([CH3])([CH3])[CH3])cc2ccc3c(-c4[c-]ccc5c4oc4cc(C(C)C)ccc45)nc(C(C)C)nc3c12.[Ir]. The molecule has 0 unspecified atom stereocenters. The summed E-state index contributed by atoms with van der Waals surface area (Å²) in [5.41, 5.74) is 6.53. The minimum absolute atomic E-state index is 0. The molecule has 301 valence electrons. The Morgan fingerprint density at radius 1 is 0.839 bits per heavy atom. The van der Waals surface area contributed by atoms with Crippen LogP contribution in [-0.4, -0.2) is 34.1 Å². The summed E-state index contributed by atoms with van der Waals surface area (Å²) in [6.45, 7) is 23.1. The van der Waals surface area contributed by atoms with E-state index in [0.717, 1.165) is 75.6 Å². The Morgan fingerprint density at radius 3 is 2.04 bits per heavy atom. The second kappa shape index (κ2) is 17.7. The largest absolute Gasteiger partial charge is 0 e. The Balaban J connectivity index is 0.000000330. The molecule has 4 aromatic carbocycles. The fourth-order valence-electron chi connectivity index (χ4n) is 7.14. The Morgan fingerprint density at radius 2 is 1.46 bits per heavy atom. The molecule has 6 rings (SSSR count). The predicted molar refractivity (Wildman–Crippen MR) is 238 cm³/mol. The fourth-order valence-corrected chi connectivity index (χ4v) is 9.73. The third kappa shape index (κ3) is 8.88. The van der Waals surface area contributed by atoms with Crippen molar-refractivity contribution in [3.8, 4) is 11.3 Å². The number of carbonyl (C=O) groups excluding carboxylic acids is 1. The second-order valence-corrected chi connectivity index (χ2v) is 28.4. The van der Waals surface area contributed by atoms with Gasteiger partial charge in [0.25, 0.3) is 0 Å². The van der Waals surface area contributed by atoms with Crippen molar-refractivity contribution in [1.29, 1.82) is 0 Å². The maximum absolute atomic E-state index is 12.2. The number of nitrogens with zero attached hydrogens (tertiary/aromatic N) is 2. The number of aliphatic hydroxyl groups is 1. The molecule has 0 amide bonds. The van der Waals surface area contributed by atoms with Crippen LogP contribution in [0.4, 0.5) is 0 Å². The van der Waals surface area contributed by atoms with Crippen molar-refractivity contribution in [3.63, 3.8) is 0 Å². The van der Waals surface area contributed by atoms with Crippen molar-refractivity contribution in [3.05, 3.63) is 89.5 Å². The molecule has 0 aliphatic rings. The second-order valence-electron chi connectivity index (χ2n) is 17.7. The quantitative estimate of drug-likeness (QED) is 0.0460. The molecule has 0 atom stereocenters. The number of allylic oxidation sites excluding steroid dienone is 2. The summed E-state index contributed by atoms with van der Waals surface area (Å²) >= 11 is -1.99. The zero-order chi connectivity index (χ0) is 40.6. The number of furan rings is 1. The van der Waals surface area contributed by atoms with Crippen LogP contribution in [0.5, 0.6) is 0 Å². The third-order valence-electron chi connectivity index (χ3n) is 12.3. The van der Waals surface area contributed by atoms with Crippen molar-refractivity contribution in [2.24, 2.45) is 10.8 Å². The minimum atomic E-state index is -1.99. The van der Waals surface area contributed by atoms with Gasteiger partial charge in [-0.3, -0.25) is 4.79 Å². The molecular formula is C49H63GeIrN2O3-. The number of rotatable bonds is 11. The van der Waals surface area contributed by atoms with Gasteiger partial charge in [0.15, 0.2) is 5.78 Å². The zero-order valence-corrected chi connectivity index (χ0v) is 40.7. The van der Waals surface area contributed by atoms with Gasteiger partial charge in [-0.1, -0.05) is 61.5 Å². The number of fused-ring (bicyclic) bond motifs is 6. The van der Waals surface area contributed by atoms with E-state index in [1.54, 1.807) is 0 Å². The molecule has 2 heterocycles. The molecule has 1 N–H and O–H groups in total. The zero-order valence-electron chi connectivity index (χ0n) is 36.2. The number of hydrogen-bond acceptors (Lipinski definition) is 5. The first-order valence-electron chi connectivity index (χ1n) is 20.4. The summed E-state index contributed by atoms with van der Waals surface area (Å²) in [6, 6.07) is 23.4. The number of carbonyl (C=O) groups is 1. The van der Waals surface area contributed by atoms with E-state index in [1.807, 2.05) is 47.6 Å². The first kappa shape index (κ1) is 45.4. The Bertz CT molecular complexity index is 2390. The maximum atomic E-state index is 12.2. The van der Waals surface area contributed by atoms with Crippen molar-refractivity contribution >= 4 is 67.1 Å². The molecule has 0 spiro atoms. The van der Waals surface area contributed by atoms with Crippen molar-refractivity contribution in [2.75, 3.05) is 0 Å². The van der Waals surface area contributed by atoms with Gasteiger partial charge in [-0.25, -0.2) is 0 Å². The third-order valence-corrected chi connectivity index (χ3v) is 16.6. The van der Waals surface area contributed by atoms with Crippen molar-refractivity contribution < 1.29 is 34.4 Å². The van der Waals surface area contributed by atoms with E-state index in [-0.39, 0.29) is 48.4 Å². The van der Waals surface area contributed by atoms with E-state index >= 15 is 0 Å². The topological polar surface area (TPSA) is 76.2 Å². The Hall–Kier alpha value is -3.32. The van der Waals surface area contributed by atoms with Crippen molar-refractivity contribution in [2.45, 2.75) is 131 Å². The van der Waals surface area contributed by atoms with Crippen molar-refractivity contribution in [1.82, 2.24) is 9.97 Å². The van der Waals surface area contributed by atoms with E-state index in [4.69, 9.17) is 14.4 Å². The standard InChI is InChI=1S/C34H35GeN2O.C15H28O2.Ir/c1-19(2)22-12-14-25-26-10-9-11-28(33(26)38-29(25)18-22)31-27-15-13-23-17-24(35(6,7)8)16-21(5)30(23)32(27)37-34(36-31)20(3)4;1-7-14(5,8-2)12(16)11-13(17)15(6,9-3)10-4;/h9-10,12-20H,1-8H3;11,16H,7-10H2,1-6H3;/q-1;;/b;12-11-;. The molecule has 2 aromatic heterocycles. The number of benzene rings is 4. The molecule has 5 nitrogen and oxygen atoms in total. The number of aliphatic hydroxyl groups excluding tert-OH is 1. The van der Waals surface area contributed by atoms with Gasteiger partial charge in [-0.15, -0.1) is 0 Å². The average molecular weight is 993 g/mol. The van der Waals surface area contributed by atoms with E-state index in [0.29, 0.717) is 5.92 Å². The molecule has 0 saturated heterocycles. The van der Waals surface area contributed by atoms with Gasteiger partial charge in [-0.2, -0.15) is 0 Å². The summed E-state index contributed by atoms with van der Waals surface area (Å²) in [7, 11) is 0.